The predicted octanol–water partition coefficient (Wildman–Crippen LogP) is 8.82. The molecule has 188 valence electrons. The Kier molecular flexibility index (Phi) is 9.99. The first-order valence-corrected chi connectivity index (χ1v) is 14.5. The normalized spacial score (nSPS) is 35.1. The van der Waals surface area contributed by atoms with Gasteiger partial charge in [-0.05, 0) is 124 Å². The van der Waals surface area contributed by atoms with Crippen LogP contribution in [-0.2, 0) is 9.47 Å². The highest BCUT2D eigenvalue weighted by molar-refractivity contribution is 4.95. The highest BCUT2D eigenvalue weighted by atomic mass is 16.5. The van der Waals surface area contributed by atoms with Crippen molar-refractivity contribution in [1.82, 2.24) is 0 Å². The van der Waals surface area contributed by atoms with Crippen LogP contribution in [0.4, 0.5) is 0 Å². The van der Waals surface area contributed by atoms with E-state index in [0.717, 1.165) is 49.7 Å². The molecule has 0 amide bonds. The van der Waals surface area contributed by atoms with Crippen molar-refractivity contribution in [2.75, 3.05) is 13.2 Å². The highest BCUT2D eigenvalue weighted by Crippen LogP contribution is 2.54. The first-order valence-electron chi connectivity index (χ1n) is 14.5. The van der Waals surface area contributed by atoms with Crippen LogP contribution in [0.1, 0.15) is 131 Å². The summed E-state index contributed by atoms with van der Waals surface area (Å²) in [6, 6.07) is 0. The van der Waals surface area contributed by atoms with E-state index in [2.05, 4.69) is 41.5 Å². The van der Waals surface area contributed by atoms with Crippen molar-refractivity contribution in [2.45, 2.75) is 144 Å². The first kappa shape index (κ1) is 26.5. The second kappa shape index (κ2) is 12.1. The van der Waals surface area contributed by atoms with Gasteiger partial charge >= 0.3 is 0 Å². The molecule has 0 saturated heterocycles. The summed E-state index contributed by atoms with van der Waals surface area (Å²) in [5, 5.41) is 0. The molecule has 3 aliphatic rings. The van der Waals surface area contributed by atoms with E-state index in [0.29, 0.717) is 23.0 Å². The van der Waals surface area contributed by atoms with Gasteiger partial charge in [0, 0.05) is 13.2 Å². The maximum absolute atomic E-state index is 6.07. The fourth-order valence-corrected chi connectivity index (χ4v) is 7.76. The van der Waals surface area contributed by atoms with Crippen molar-refractivity contribution in [2.24, 2.45) is 34.5 Å². The third kappa shape index (κ3) is 6.53. The van der Waals surface area contributed by atoms with Gasteiger partial charge in [-0.15, -0.1) is 0 Å². The Bertz CT molecular complexity index is 467. The van der Waals surface area contributed by atoms with Gasteiger partial charge in [-0.3, -0.25) is 0 Å². The summed E-state index contributed by atoms with van der Waals surface area (Å²) in [7, 11) is 0. The molecule has 0 atom stereocenters. The number of rotatable bonds is 10. The summed E-state index contributed by atoms with van der Waals surface area (Å²) < 4.78 is 12.1. The van der Waals surface area contributed by atoms with E-state index < -0.39 is 0 Å². The van der Waals surface area contributed by atoms with Gasteiger partial charge in [0.25, 0.3) is 0 Å². The molecule has 0 unspecified atom stereocenters. The average molecular weight is 449 g/mol. The summed E-state index contributed by atoms with van der Waals surface area (Å²) in [6.07, 6.45) is 19.9. The molecule has 0 heterocycles. The van der Waals surface area contributed by atoms with E-state index >= 15 is 0 Å². The predicted molar refractivity (Wildman–Crippen MR) is 137 cm³/mol. The molecule has 0 N–H and O–H groups in total. The van der Waals surface area contributed by atoms with Gasteiger partial charge in [0.05, 0.1) is 12.2 Å². The van der Waals surface area contributed by atoms with Crippen LogP contribution in [0.15, 0.2) is 0 Å². The van der Waals surface area contributed by atoms with Crippen molar-refractivity contribution in [3.63, 3.8) is 0 Å². The lowest BCUT2D eigenvalue weighted by Gasteiger charge is -2.50. The van der Waals surface area contributed by atoms with Crippen molar-refractivity contribution < 1.29 is 9.47 Å². The zero-order valence-electron chi connectivity index (χ0n) is 22.6. The van der Waals surface area contributed by atoms with E-state index in [-0.39, 0.29) is 0 Å². The Morgan fingerprint density at radius 1 is 0.469 bits per heavy atom. The monoisotopic (exact) mass is 448 g/mol. The van der Waals surface area contributed by atoms with Crippen LogP contribution >= 0.6 is 0 Å². The number of hydrogen-bond acceptors (Lipinski definition) is 2. The summed E-state index contributed by atoms with van der Waals surface area (Å²) in [6.45, 7) is 16.8. The molecule has 3 rings (SSSR count). The van der Waals surface area contributed by atoms with Crippen LogP contribution in [-0.4, -0.2) is 25.4 Å². The lowest BCUT2D eigenvalue weighted by atomic mass is 9.55. The third-order valence-electron chi connectivity index (χ3n) is 10.4. The Morgan fingerprint density at radius 3 is 0.969 bits per heavy atom. The molecule has 0 bridgehead atoms. The van der Waals surface area contributed by atoms with Crippen LogP contribution in [0.2, 0.25) is 0 Å². The van der Waals surface area contributed by atoms with Crippen LogP contribution in [0.5, 0.6) is 0 Å². The van der Waals surface area contributed by atoms with Gasteiger partial charge in [0.2, 0.25) is 0 Å². The fraction of sp³-hybridized carbons (Fsp3) is 1.00. The van der Waals surface area contributed by atoms with E-state index in [1.165, 1.54) is 77.0 Å². The average Bonchev–Trinajstić information content (AvgIpc) is 2.82. The Balaban J connectivity index is 1.45. The van der Waals surface area contributed by atoms with Gasteiger partial charge in [-0.25, -0.2) is 0 Å². The van der Waals surface area contributed by atoms with Crippen molar-refractivity contribution in [3.8, 4) is 0 Å². The molecule has 3 aliphatic carbocycles. The SMILES string of the molecule is CCCOC1CCC(C(C)(C)C2CCC(C(C)(C)C3CCC(OCCC)CC3)CC2)CC1. The van der Waals surface area contributed by atoms with E-state index in [1.54, 1.807) is 0 Å². The smallest absolute Gasteiger partial charge is 0.0575 e. The number of hydrogen-bond donors (Lipinski definition) is 0. The molecule has 0 aliphatic heterocycles. The molecular weight excluding hydrogens is 392 g/mol. The minimum absolute atomic E-state index is 0.500. The summed E-state index contributed by atoms with van der Waals surface area (Å²) in [4.78, 5) is 0. The maximum atomic E-state index is 6.07. The lowest BCUT2D eigenvalue weighted by molar-refractivity contribution is -0.0371. The Labute approximate surface area is 201 Å². The van der Waals surface area contributed by atoms with Crippen LogP contribution in [0, 0.1) is 34.5 Å². The van der Waals surface area contributed by atoms with Crippen molar-refractivity contribution in [1.29, 1.82) is 0 Å². The molecule has 32 heavy (non-hydrogen) atoms. The fourth-order valence-electron chi connectivity index (χ4n) is 7.76. The van der Waals surface area contributed by atoms with Gasteiger partial charge < -0.3 is 9.47 Å². The molecular formula is C30H56O2. The largest absolute Gasteiger partial charge is 0.378 e. The first-order chi connectivity index (χ1) is 15.3. The Hall–Kier alpha value is -0.0800. The Morgan fingerprint density at radius 2 is 0.719 bits per heavy atom. The zero-order valence-corrected chi connectivity index (χ0v) is 22.6. The second-order valence-electron chi connectivity index (χ2n) is 12.9. The van der Waals surface area contributed by atoms with Gasteiger partial charge in [-0.2, -0.15) is 0 Å². The van der Waals surface area contributed by atoms with Crippen LogP contribution < -0.4 is 0 Å². The van der Waals surface area contributed by atoms with E-state index in [4.69, 9.17) is 9.47 Å². The molecule has 3 fully saturated rings. The summed E-state index contributed by atoms with van der Waals surface area (Å²) >= 11 is 0. The van der Waals surface area contributed by atoms with Gasteiger partial charge in [-0.1, -0.05) is 41.5 Å². The molecule has 3 saturated carbocycles. The van der Waals surface area contributed by atoms with Crippen molar-refractivity contribution in [3.05, 3.63) is 0 Å². The minimum Gasteiger partial charge on any atom is -0.378 e. The molecule has 0 aromatic rings. The molecule has 0 aromatic heterocycles. The van der Waals surface area contributed by atoms with E-state index in [9.17, 15) is 0 Å². The zero-order chi connectivity index (χ0) is 23.2. The van der Waals surface area contributed by atoms with Crippen LogP contribution in [0.3, 0.4) is 0 Å². The second-order valence-corrected chi connectivity index (χ2v) is 12.9. The number of ether oxygens (including phenoxy) is 2. The summed E-state index contributed by atoms with van der Waals surface area (Å²) in [5.74, 6) is 3.64. The maximum Gasteiger partial charge on any atom is 0.0575 e. The standard InChI is InChI=1S/C30H56O2/c1-7-21-31-27-17-13-25(14-18-27)29(3,4)23-9-11-24(12-10-23)30(5,6)26-15-19-28(20-16-26)32-22-8-2/h23-28H,7-22H2,1-6H3. The third-order valence-corrected chi connectivity index (χ3v) is 10.4. The van der Waals surface area contributed by atoms with E-state index in [1.807, 2.05) is 0 Å². The molecule has 2 nitrogen and oxygen atoms in total. The van der Waals surface area contributed by atoms with Gasteiger partial charge in [0.1, 0.15) is 0 Å². The van der Waals surface area contributed by atoms with Crippen molar-refractivity contribution >= 4 is 0 Å². The topological polar surface area (TPSA) is 18.5 Å². The molecule has 2 heteroatoms. The van der Waals surface area contributed by atoms with Gasteiger partial charge in [0.15, 0.2) is 0 Å². The highest BCUT2D eigenvalue weighted by Gasteiger charge is 2.45. The quantitative estimate of drug-likeness (QED) is 0.332. The minimum atomic E-state index is 0.500. The molecule has 0 aromatic carbocycles. The molecule has 0 radical (unpaired) electrons. The lowest BCUT2D eigenvalue weighted by Crippen LogP contribution is -2.42. The summed E-state index contributed by atoms with van der Waals surface area (Å²) in [5.41, 5.74) is 0.999. The van der Waals surface area contributed by atoms with Crippen LogP contribution in [0.25, 0.3) is 0 Å². The molecule has 0 spiro atoms.